The Morgan fingerprint density at radius 1 is 1.28 bits per heavy atom. The second-order valence-corrected chi connectivity index (χ2v) is 6.21. The SMILES string of the molecule is CCCNC(CCN(CC)CC)c1ccc(Cl)s1. The summed E-state index contributed by atoms with van der Waals surface area (Å²) in [6, 6.07) is 4.60. The molecule has 2 nitrogen and oxygen atoms in total. The Labute approximate surface area is 120 Å². The normalized spacial score (nSPS) is 13.2. The Morgan fingerprint density at radius 2 is 2.00 bits per heavy atom. The van der Waals surface area contributed by atoms with Crippen LogP contribution in [0.4, 0.5) is 0 Å². The Bertz CT molecular complexity index is 323. The van der Waals surface area contributed by atoms with Crippen molar-refractivity contribution in [3.8, 4) is 0 Å². The van der Waals surface area contributed by atoms with Crippen molar-refractivity contribution in [3.05, 3.63) is 21.3 Å². The van der Waals surface area contributed by atoms with E-state index in [1.807, 2.05) is 6.07 Å². The average Bonchev–Trinajstić information content (AvgIpc) is 2.80. The molecule has 0 bridgehead atoms. The molecule has 0 aliphatic heterocycles. The largest absolute Gasteiger partial charge is 0.309 e. The minimum Gasteiger partial charge on any atom is -0.309 e. The molecule has 104 valence electrons. The predicted molar refractivity (Wildman–Crippen MR) is 82.8 cm³/mol. The van der Waals surface area contributed by atoms with Crippen molar-refractivity contribution in [2.24, 2.45) is 0 Å². The van der Waals surface area contributed by atoms with Crippen LogP contribution < -0.4 is 5.32 Å². The lowest BCUT2D eigenvalue weighted by Gasteiger charge is -2.23. The zero-order valence-corrected chi connectivity index (χ0v) is 13.3. The van der Waals surface area contributed by atoms with Crippen LogP contribution in [0.3, 0.4) is 0 Å². The monoisotopic (exact) mass is 288 g/mol. The fourth-order valence-electron chi connectivity index (χ4n) is 2.03. The summed E-state index contributed by atoms with van der Waals surface area (Å²) in [5.74, 6) is 0. The molecule has 1 rings (SSSR count). The number of nitrogens with zero attached hydrogens (tertiary/aromatic N) is 1. The number of hydrogen-bond donors (Lipinski definition) is 1. The van der Waals surface area contributed by atoms with E-state index in [2.05, 4.69) is 37.1 Å². The van der Waals surface area contributed by atoms with Crippen LogP contribution in [0.15, 0.2) is 12.1 Å². The van der Waals surface area contributed by atoms with Gasteiger partial charge in [0, 0.05) is 10.9 Å². The topological polar surface area (TPSA) is 15.3 Å². The summed E-state index contributed by atoms with van der Waals surface area (Å²) in [4.78, 5) is 3.83. The maximum absolute atomic E-state index is 6.04. The first-order chi connectivity index (χ1) is 8.71. The molecule has 0 saturated carbocycles. The van der Waals surface area contributed by atoms with E-state index in [9.17, 15) is 0 Å². The molecule has 0 amide bonds. The summed E-state index contributed by atoms with van der Waals surface area (Å²) in [5, 5.41) is 3.63. The van der Waals surface area contributed by atoms with Crippen LogP contribution in [0.2, 0.25) is 4.34 Å². The van der Waals surface area contributed by atoms with Crippen molar-refractivity contribution in [3.63, 3.8) is 0 Å². The third-order valence-electron chi connectivity index (χ3n) is 3.21. The molecule has 0 aliphatic carbocycles. The standard InChI is InChI=1S/C14H25ClN2S/c1-4-10-16-12(9-11-17(5-2)6-3)13-7-8-14(15)18-13/h7-8,12,16H,4-6,9-11H2,1-3H3. The Hall–Kier alpha value is -0.0900. The van der Waals surface area contributed by atoms with Crippen LogP contribution in [0, 0.1) is 0 Å². The lowest BCUT2D eigenvalue weighted by Crippen LogP contribution is -2.29. The Balaban J connectivity index is 2.55. The van der Waals surface area contributed by atoms with Gasteiger partial charge in [-0.05, 0) is 51.2 Å². The fraction of sp³-hybridized carbons (Fsp3) is 0.714. The van der Waals surface area contributed by atoms with Crippen molar-refractivity contribution in [2.45, 2.75) is 39.7 Å². The second kappa shape index (κ2) is 8.92. The van der Waals surface area contributed by atoms with Gasteiger partial charge in [-0.1, -0.05) is 32.4 Å². The molecule has 4 heteroatoms. The molecule has 18 heavy (non-hydrogen) atoms. The van der Waals surface area contributed by atoms with Gasteiger partial charge in [0.05, 0.1) is 4.34 Å². The highest BCUT2D eigenvalue weighted by Gasteiger charge is 2.14. The van der Waals surface area contributed by atoms with E-state index in [1.165, 1.54) is 11.3 Å². The number of hydrogen-bond acceptors (Lipinski definition) is 3. The first-order valence-electron chi connectivity index (χ1n) is 6.92. The zero-order chi connectivity index (χ0) is 13.4. The van der Waals surface area contributed by atoms with Crippen molar-refractivity contribution in [1.29, 1.82) is 0 Å². The molecule has 0 spiro atoms. The van der Waals surface area contributed by atoms with Gasteiger partial charge in [0.15, 0.2) is 0 Å². The summed E-state index contributed by atoms with van der Waals surface area (Å²) in [5.41, 5.74) is 0. The van der Waals surface area contributed by atoms with Crippen LogP contribution in [0.5, 0.6) is 0 Å². The van der Waals surface area contributed by atoms with Gasteiger partial charge in [-0.25, -0.2) is 0 Å². The quantitative estimate of drug-likeness (QED) is 0.733. The van der Waals surface area contributed by atoms with Gasteiger partial charge in [-0.15, -0.1) is 11.3 Å². The molecular formula is C14H25ClN2S. The molecule has 0 radical (unpaired) electrons. The lowest BCUT2D eigenvalue weighted by molar-refractivity contribution is 0.282. The number of halogens is 1. The molecular weight excluding hydrogens is 264 g/mol. The van der Waals surface area contributed by atoms with E-state index >= 15 is 0 Å². The Morgan fingerprint density at radius 3 is 2.50 bits per heavy atom. The van der Waals surface area contributed by atoms with E-state index in [-0.39, 0.29) is 0 Å². The zero-order valence-electron chi connectivity index (χ0n) is 11.7. The lowest BCUT2D eigenvalue weighted by atomic mass is 10.1. The van der Waals surface area contributed by atoms with E-state index in [4.69, 9.17) is 11.6 Å². The third-order valence-corrected chi connectivity index (χ3v) is 4.55. The maximum Gasteiger partial charge on any atom is 0.0931 e. The molecule has 0 aromatic carbocycles. The van der Waals surface area contributed by atoms with Crippen LogP contribution in [-0.2, 0) is 0 Å². The summed E-state index contributed by atoms with van der Waals surface area (Å²) < 4.78 is 0.885. The first kappa shape index (κ1) is 16.0. The Kier molecular flexibility index (Phi) is 7.91. The highest BCUT2D eigenvalue weighted by atomic mass is 35.5. The predicted octanol–water partition coefficient (Wildman–Crippen LogP) is 4.17. The van der Waals surface area contributed by atoms with E-state index < -0.39 is 0 Å². The van der Waals surface area contributed by atoms with Gasteiger partial charge in [-0.2, -0.15) is 0 Å². The molecule has 1 N–H and O–H groups in total. The molecule has 1 aromatic heterocycles. The van der Waals surface area contributed by atoms with Crippen LogP contribution in [0.1, 0.15) is 44.5 Å². The minimum absolute atomic E-state index is 0.447. The second-order valence-electron chi connectivity index (χ2n) is 4.46. The van der Waals surface area contributed by atoms with Crippen molar-refractivity contribution >= 4 is 22.9 Å². The van der Waals surface area contributed by atoms with Gasteiger partial charge in [0.25, 0.3) is 0 Å². The number of rotatable bonds is 9. The summed E-state index contributed by atoms with van der Waals surface area (Å²) >= 11 is 7.73. The fourth-order valence-corrected chi connectivity index (χ4v) is 3.20. The van der Waals surface area contributed by atoms with Gasteiger partial charge in [-0.3, -0.25) is 0 Å². The number of nitrogens with one attached hydrogen (secondary N) is 1. The maximum atomic E-state index is 6.04. The van der Waals surface area contributed by atoms with Crippen molar-refractivity contribution in [2.75, 3.05) is 26.2 Å². The van der Waals surface area contributed by atoms with E-state index in [0.29, 0.717) is 6.04 Å². The molecule has 1 heterocycles. The van der Waals surface area contributed by atoms with Crippen LogP contribution in [0.25, 0.3) is 0 Å². The molecule has 1 aromatic rings. The number of thiophene rings is 1. The summed E-state index contributed by atoms with van der Waals surface area (Å²) in [6.07, 6.45) is 2.32. The highest BCUT2D eigenvalue weighted by Crippen LogP contribution is 2.28. The summed E-state index contributed by atoms with van der Waals surface area (Å²) in [6.45, 7) is 11.1. The molecule has 1 atom stereocenters. The first-order valence-corrected chi connectivity index (χ1v) is 8.11. The smallest absolute Gasteiger partial charge is 0.0931 e. The van der Waals surface area contributed by atoms with Gasteiger partial charge < -0.3 is 10.2 Å². The van der Waals surface area contributed by atoms with Crippen molar-refractivity contribution in [1.82, 2.24) is 10.2 Å². The van der Waals surface area contributed by atoms with E-state index in [1.54, 1.807) is 11.3 Å². The van der Waals surface area contributed by atoms with Gasteiger partial charge in [0.2, 0.25) is 0 Å². The summed E-state index contributed by atoms with van der Waals surface area (Å²) in [7, 11) is 0. The van der Waals surface area contributed by atoms with Gasteiger partial charge in [0.1, 0.15) is 0 Å². The van der Waals surface area contributed by atoms with Gasteiger partial charge >= 0.3 is 0 Å². The average molecular weight is 289 g/mol. The molecule has 0 fully saturated rings. The molecule has 0 saturated heterocycles. The van der Waals surface area contributed by atoms with E-state index in [0.717, 1.165) is 36.9 Å². The van der Waals surface area contributed by atoms with Crippen LogP contribution >= 0.6 is 22.9 Å². The minimum atomic E-state index is 0.447. The highest BCUT2D eigenvalue weighted by molar-refractivity contribution is 7.16. The van der Waals surface area contributed by atoms with Crippen LogP contribution in [-0.4, -0.2) is 31.1 Å². The molecule has 1 unspecified atom stereocenters. The molecule has 0 aliphatic rings. The van der Waals surface area contributed by atoms with Crippen molar-refractivity contribution < 1.29 is 0 Å². The third kappa shape index (κ3) is 5.27.